The maximum absolute atomic E-state index is 5.96. The zero-order valence-corrected chi connectivity index (χ0v) is 14.3. The number of rotatable bonds is 5. The molecule has 3 radical (unpaired) electrons. The molecule has 3 rings (SSSR count). The van der Waals surface area contributed by atoms with Crippen molar-refractivity contribution in [2.75, 3.05) is 20.3 Å². The minimum Gasteiger partial charge on any atom is -0.497 e. The van der Waals surface area contributed by atoms with E-state index in [1.54, 1.807) is 7.11 Å². The van der Waals surface area contributed by atoms with Crippen LogP contribution in [0.1, 0.15) is 17.4 Å². The first kappa shape index (κ1) is 17.7. The van der Waals surface area contributed by atoms with E-state index in [0.717, 1.165) is 27.1 Å². The van der Waals surface area contributed by atoms with E-state index in [1.165, 1.54) is 0 Å². The van der Waals surface area contributed by atoms with E-state index < -0.39 is 0 Å². The molecule has 23 heavy (non-hydrogen) atoms. The summed E-state index contributed by atoms with van der Waals surface area (Å²) in [4.78, 5) is 0. The Bertz CT molecular complexity index is 627. The third kappa shape index (κ3) is 4.23. The average molecular weight is 379 g/mol. The Labute approximate surface area is 144 Å². The van der Waals surface area contributed by atoms with Crippen molar-refractivity contribution in [3.8, 4) is 11.5 Å². The van der Waals surface area contributed by atoms with Crippen LogP contribution in [-0.2, 0) is 16.1 Å². The van der Waals surface area contributed by atoms with Crippen LogP contribution in [0.5, 0.6) is 11.5 Å². The summed E-state index contributed by atoms with van der Waals surface area (Å²) in [5, 5.41) is 0. The summed E-state index contributed by atoms with van der Waals surface area (Å²) in [5.74, 6) is 1.59. The van der Waals surface area contributed by atoms with Crippen molar-refractivity contribution in [1.29, 1.82) is 0 Å². The highest BCUT2D eigenvalue weighted by Crippen LogP contribution is 2.37. The molecule has 0 unspecified atom stereocenters. The van der Waals surface area contributed by atoms with Crippen molar-refractivity contribution in [2.45, 2.75) is 12.9 Å². The van der Waals surface area contributed by atoms with E-state index in [2.05, 4.69) is 15.9 Å². The van der Waals surface area contributed by atoms with Crippen LogP contribution in [0.2, 0.25) is 0 Å². The molecule has 1 aliphatic rings. The largest absolute Gasteiger partial charge is 0.497 e. The molecule has 1 aliphatic heterocycles. The standard InChI is InChI=1S/C17H17BrO4.N/c1-19-13-7-5-12(6-8-13)11-22-15-4-2-3-14(18)16(15)17-20-9-10-21-17;/h2-8,17H,9-11H2,1H3;. The SMILES string of the molecule is COc1ccc(COc2cccc(Br)c2C2OCCO2)cc1.[N]. The first-order chi connectivity index (χ1) is 10.8. The summed E-state index contributed by atoms with van der Waals surface area (Å²) < 4.78 is 23.2. The van der Waals surface area contributed by atoms with Gasteiger partial charge in [0.15, 0.2) is 6.29 Å². The summed E-state index contributed by atoms with van der Waals surface area (Å²) in [6.07, 6.45) is -0.374. The van der Waals surface area contributed by atoms with E-state index >= 15 is 0 Å². The van der Waals surface area contributed by atoms with Crippen LogP contribution in [-0.4, -0.2) is 20.3 Å². The molecule has 1 fully saturated rings. The van der Waals surface area contributed by atoms with Gasteiger partial charge in [-0.05, 0) is 29.8 Å². The molecule has 1 saturated heterocycles. The Morgan fingerprint density at radius 1 is 1.09 bits per heavy atom. The second-order valence-corrected chi connectivity index (χ2v) is 5.72. The normalized spacial score (nSPS) is 14.3. The van der Waals surface area contributed by atoms with Crippen molar-refractivity contribution in [3.63, 3.8) is 0 Å². The van der Waals surface area contributed by atoms with Gasteiger partial charge in [0.25, 0.3) is 0 Å². The summed E-state index contributed by atoms with van der Waals surface area (Å²) in [6.45, 7) is 1.67. The highest BCUT2D eigenvalue weighted by atomic mass is 79.9. The third-order valence-corrected chi connectivity index (χ3v) is 4.12. The lowest BCUT2D eigenvalue weighted by atomic mass is 10.2. The summed E-state index contributed by atoms with van der Waals surface area (Å²) >= 11 is 3.55. The van der Waals surface area contributed by atoms with Crippen LogP contribution in [0, 0.1) is 0 Å². The van der Waals surface area contributed by atoms with Crippen molar-refractivity contribution < 1.29 is 18.9 Å². The molecule has 5 nitrogen and oxygen atoms in total. The van der Waals surface area contributed by atoms with Crippen molar-refractivity contribution in [1.82, 2.24) is 6.15 Å². The molecular weight excluding hydrogens is 362 g/mol. The van der Waals surface area contributed by atoms with Gasteiger partial charge in [0, 0.05) is 10.6 Å². The molecule has 1 heterocycles. The summed E-state index contributed by atoms with van der Waals surface area (Å²) in [5.41, 5.74) is 1.97. The number of methoxy groups -OCH3 is 1. The van der Waals surface area contributed by atoms with Gasteiger partial charge in [0.1, 0.15) is 18.1 Å². The van der Waals surface area contributed by atoms with E-state index in [4.69, 9.17) is 18.9 Å². The monoisotopic (exact) mass is 378 g/mol. The molecule has 0 atom stereocenters. The minimum atomic E-state index is -0.374. The highest BCUT2D eigenvalue weighted by molar-refractivity contribution is 9.10. The van der Waals surface area contributed by atoms with Crippen LogP contribution in [0.4, 0.5) is 0 Å². The van der Waals surface area contributed by atoms with Gasteiger partial charge in [0.05, 0.1) is 25.9 Å². The quantitative estimate of drug-likeness (QED) is 0.796. The zero-order chi connectivity index (χ0) is 15.4. The molecule has 0 aliphatic carbocycles. The van der Waals surface area contributed by atoms with E-state index in [0.29, 0.717) is 19.8 Å². The van der Waals surface area contributed by atoms with Gasteiger partial charge in [-0.15, -0.1) is 0 Å². The fourth-order valence-electron chi connectivity index (χ4n) is 2.28. The van der Waals surface area contributed by atoms with Gasteiger partial charge in [-0.3, -0.25) is 0 Å². The zero-order valence-electron chi connectivity index (χ0n) is 12.7. The molecule has 0 spiro atoms. The predicted molar refractivity (Wildman–Crippen MR) is 88.2 cm³/mol. The Kier molecular flexibility index (Phi) is 6.41. The smallest absolute Gasteiger partial charge is 0.188 e. The van der Waals surface area contributed by atoms with Crippen LogP contribution in [0.25, 0.3) is 0 Å². The Balaban J connectivity index is 0.00000192. The molecule has 2 aromatic carbocycles. The molecule has 0 N–H and O–H groups in total. The van der Waals surface area contributed by atoms with E-state index in [1.807, 2.05) is 42.5 Å². The molecule has 0 aromatic heterocycles. The van der Waals surface area contributed by atoms with Crippen molar-refractivity contribution in [3.05, 3.63) is 58.1 Å². The van der Waals surface area contributed by atoms with E-state index in [9.17, 15) is 0 Å². The molecule has 0 bridgehead atoms. The molecule has 6 heteroatoms. The number of nitrogens with zero attached hydrogens (tertiary/aromatic N) is 1. The summed E-state index contributed by atoms with van der Waals surface area (Å²) in [6, 6.07) is 13.6. The fourth-order valence-corrected chi connectivity index (χ4v) is 2.81. The van der Waals surface area contributed by atoms with Gasteiger partial charge in [-0.1, -0.05) is 34.1 Å². The van der Waals surface area contributed by atoms with Gasteiger partial charge in [0.2, 0.25) is 0 Å². The lowest BCUT2D eigenvalue weighted by molar-refractivity contribution is -0.0464. The number of hydrogen-bond acceptors (Lipinski definition) is 4. The Morgan fingerprint density at radius 3 is 2.43 bits per heavy atom. The first-order valence-electron chi connectivity index (χ1n) is 7.05. The lowest BCUT2D eigenvalue weighted by Gasteiger charge is -2.17. The summed E-state index contributed by atoms with van der Waals surface area (Å²) in [7, 11) is 1.65. The Morgan fingerprint density at radius 2 is 1.78 bits per heavy atom. The maximum Gasteiger partial charge on any atom is 0.188 e. The van der Waals surface area contributed by atoms with Crippen LogP contribution in [0.15, 0.2) is 46.9 Å². The van der Waals surface area contributed by atoms with Crippen LogP contribution in [0.3, 0.4) is 0 Å². The number of benzene rings is 2. The van der Waals surface area contributed by atoms with Gasteiger partial charge < -0.3 is 18.9 Å². The number of halogens is 1. The fraction of sp³-hybridized carbons (Fsp3) is 0.294. The van der Waals surface area contributed by atoms with Gasteiger partial charge in [-0.2, -0.15) is 0 Å². The second kappa shape index (κ2) is 8.31. The highest BCUT2D eigenvalue weighted by Gasteiger charge is 2.24. The van der Waals surface area contributed by atoms with Crippen molar-refractivity contribution in [2.24, 2.45) is 0 Å². The average Bonchev–Trinajstić information content (AvgIpc) is 3.07. The number of ether oxygens (including phenoxy) is 4. The van der Waals surface area contributed by atoms with Crippen LogP contribution < -0.4 is 15.6 Å². The third-order valence-electron chi connectivity index (χ3n) is 3.42. The molecule has 121 valence electrons. The van der Waals surface area contributed by atoms with Gasteiger partial charge in [-0.25, -0.2) is 0 Å². The Hall–Kier alpha value is -1.60. The topological polar surface area (TPSA) is 67.4 Å². The van der Waals surface area contributed by atoms with E-state index in [-0.39, 0.29) is 12.4 Å². The second-order valence-electron chi connectivity index (χ2n) is 4.86. The molecular formula is C17H17BrNO4. The molecule has 2 aromatic rings. The van der Waals surface area contributed by atoms with Crippen LogP contribution >= 0.6 is 15.9 Å². The molecule has 0 saturated carbocycles. The first-order valence-corrected chi connectivity index (χ1v) is 7.84. The van der Waals surface area contributed by atoms with Crippen molar-refractivity contribution >= 4 is 15.9 Å². The predicted octanol–water partition coefficient (Wildman–Crippen LogP) is 3.60. The maximum atomic E-state index is 5.96. The lowest BCUT2D eigenvalue weighted by Crippen LogP contribution is -2.05. The molecule has 0 amide bonds. The minimum absolute atomic E-state index is 0. The number of hydrogen-bond donors (Lipinski definition) is 0. The van der Waals surface area contributed by atoms with Gasteiger partial charge >= 0.3 is 0 Å².